The van der Waals surface area contributed by atoms with E-state index in [1.54, 1.807) is 11.3 Å². The highest BCUT2D eigenvalue weighted by Gasteiger charge is 2.04. The molecule has 1 aromatic heterocycles. The number of thiazole rings is 1. The smallest absolute Gasteiger partial charge is 0.133 e. The van der Waals surface area contributed by atoms with Crippen molar-refractivity contribution >= 4 is 17.6 Å². The zero-order valence-electron chi connectivity index (χ0n) is 7.28. The molecular weight excluding hydrogens is 172 g/mol. The van der Waals surface area contributed by atoms with Crippen LogP contribution in [-0.4, -0.2) is 29.8 Å². The van der Waals surface area contributed by atoms with Crippen LogP contribution in [0.15, 0.2) is 5.51 Å². The van der Waals surface area contributed by atoms with Crippen molar-refractivity contribution in [3.05, 3.63) is 16.1 Å². The summed E-state index contributed by atoms with van der Waals surface area (Å²) >= 11 is 1.64. The zero-order valence-corrected chi connectivity index (χ0v) is 8.10. The minimum absolute atomic E-state index is 0.483. The van der Waals surface area contributed by atoms with Gasteiger partial charge in [0.15, 0.2) is 0 Å². The summed E-state index contributed by atoms with van der Waals surface area (Å²) in [6.07, 6.45) is 0.913. The monoisotopic (exact) mass is 184 g/mol. The predicted molar refractivity (Wildman–Crippen MR) is 49.2 cm³/mol. The van der Waals surface area contributed by atoms with Crippen molar-refractivity contribution in [2.75, 3.05) is 13.6 Å². The highest BCUT2D eigenvalue weighted by molar-refractivity contribution is 7.09. The molecule has 0 N–H and O–H groups in total. The van der Waals surface area contributed by atoms with E-state index in [-0.39, 0.29) is 0 Å². The Hall–Kier alpha value is -0.740. The first-order chi connectivity index (χ1) is 5.74. The summed E-state index contributed by atoms with van der Waals surface area (Å²) in [5.41, 5.74) is 2.90. The number of aryl methyl sites for hydroxylation is 1. The number of likely N-dealkylation sites (N-methyl/N-ethyl adjacent to an activating group) is 1. The maximum absolute atomic E-state index is 10.2. The molecule has 0 saturated heterocycles. The van der Waals surface area contributed by atoms with Gasteiger partial charge in [0, 0.05) is 11.4 Å². The van der Waals surface area contributed by atoms with Gasteiger partial charge in [-0.05, 0) is 14.0 Å². The van der Waals surface area contributed by atoms with Crippen LogP contribution in [0.25, 0.3) is 0 Å². The molecule has 66 valence electrons. The van der Waals surface area contributed by atoms with Gasteiger partial charge < -0.3 is 4.79 Å². The number of hydrogen-bond donors (Lipinski definition) is 0. The van der Waals surface area contributed by atoms with Crippen molar-refractivity contribution in [3.63, 3.8) is 0 Å². The Morgan fingerprint density at radius 1 is 1.75 bits per heavy atom. The topological polar surface area (TPSA) is 33.2 Å². The van der Waals surface area contributed by atoms with E-state index < -0.39 is 0 Å². The van der Waals surface area contributed by atoms with Gasteiger partial charge >= 0.3 is 0 Å². The van der Waals surface area contributed by atoms with E-state index in [4.69, 9.17) is 0 Å². The standard InChI is InChI=1S/C8H12N2OS/c1-7-8(12-6-9-7)5-10(2)3-4-11/h4,6H,3,5H2,1-2H3. The van der Waals surface area contributed by atoms with Crippen LogP contribution in [0.1, 0.15) is 10.6 Å². The summed E-state index contributed by atoms with van der Waals surface area (Å²) in [7, 11) is 1.92. The van der Waals surface area contributed by atoms with Crippen LogP contribution >= 0.6 is 11.3 Å². The van der Waals surface area contributed by atoms with Crippen molar-refractivity contribution in [2.24, 2.45) is 0 Å². The molecule has 0 saturated carbocycles. The second-order valence-corrected chi connectivity index (χ2v) is 3.66. The number of nitrogens with zero attached hydrogens (tertiary/aromatic N) is 2. The van der Waals surface area contributed by atoms with Gasteiger partial charge in [-0.3, -0.25) is 4.90 Å². The van der Waals surface area contributed by atoms with Crippen LogP contribution in [0.2, 0.25) is 0 Å². The van der Waals surface area contributed by atoms with Crippen LogP contribution in [0.3, 0.4) is 0 Å². The molecule has 0 bridgehead atoms. The molecule has 0 atom stereocenters. The Kier molecular flexibility index (Phi) is 3.37. The molecule has 0 unspecified atom stereocenters. The van der Waals surface area contributed by atoms with Crippen molar-refractivity contribution in [1.29, 1.82) is 0 Å². The molecule has 0 radical (unpaired) electrons. The van der Waals surface area contributed by atoms with Gasteiger partial charge in [0.05, 0.1) is 17.7 Å². The highest BCUT2D eigenvalue weighted by atomic mass is 32.1. The average molecular weight is 184 g/mol. The number of carbonyl (C=O) groups excluding carboxylic acids is 1. The molecule has 0 fully saturated rings. The highest BCUT2D eigenvalue weighted by Crippen LogP contribution is 2.13. The summed E-state index contributed by atoms with van der Waals surface area (Å²) < 4.78 is 0. The summed E-state index contributed by atoms with van der Waals surface area (Å²) in [5, 5.41) is 0. The van der Waals surface area contributed by atoms with Gasteiger partial charge in [0.25, 0.3) is 0 Å². The maximum atomic E-state index is 10.2. The Morgan fingerprint density at radius 2 is 2.50 bits per heavy atom. The first-order valence-corrected chi connectivity index (χ1v) is 4.63. The molecule has 3 nitrogen and oxygen atoms in total. The Bertz CT molecular complexity index is 259. The Morgan fingerprint density at radius 3 is 3.00 bits per heavy atom. The fraction of sp³-hybridized carbons (Fsp3) is 0.500. The largest absolute Gasteiger partial charge is 0.302 e. The van der Waals surface area contributed by atoms with E-state index in [2.05, 4.69) is 4.98 Å². The van der Waals surface area contributed by atoms with Crippen LogP contribution < -0.4 is 0 Å². The summed E-state index contributed by atoms with van der Waals surface area (Å²) in [5.74, 6) is 0. The number of aldehydes is 1. The molecular formula is C8H12N2OS. The maximum Gasteiger partial charge on any atom is 0.133 e. The summed E-state index contributed by atoms with van der Waals surface area (Å²) in [4.78, 5) is 17.5. The van der Waals surface area contributed by atoms with Gasteiger partial charge in [0.2, 0.25) is 0 Å². The molecule has 1 aromatic rings. The third-order valence-electron chi connectivity index (χ3n) is 1.64. The number of aromatic nitrogens is 1. The third-order valence-corrected chi connectivity index (χ3v) is 2.56. The first-order valence-electron chi connectivity index (χ1n) is 3.75. The minimum Gasteiger partial charge on any atom is -0.302 e. The Labute approximate surface area is 76.0 Å². The molecule has 12 heavy (non-hydrogen) atoms. The molecule has 1 heterocycles. The molecule has 0 aliphatic carbocycles. The Balaban J connectivity index is 2.51. The fourth-order valence-corrected chi connectivity index (χ4v) is 1.77. The van der Waals surface area contributed by atoms with E-state index in [0.717, 1.165) is 18.5 Å². The third kappa shape index (κ3) is 2.39. The molecule has 0 aliphatic rings. The second-order valence-electron chi connectivity index (χ2n) is 2.72. The second kappa shape index (κ2) is 4.33. The summed E-state index contributed by atoms with van der Waals surface area (Å²) in [6, 6.07) is 0. The predicted octanol–water partition coefficient (Wildman–Crippen LogP) is 1.08. The van der Waals surface area contributed by atoms with Gasteiger partial charge in [-0.25, -0.2) is 4.98 Å². The molecule has 1 rings (SSSR count). The van der Waals surface area contributed by atoms with Crippen LogP contribution in [0.4, 0.5) is 0 Å². The van der Waals surface area contributed by atoms with Crippen molar-refractivity contribution in [3.8, 4) is 0 Å². The van der Waals surface area contributed by atoms with Gasteiger partial charge in [-0.2, -0.15) is 0 Å². The van der Waals surface area contributed by atoms with Gasteiger partial charge in [0.1, 0.15) is 6.29 Å². The van der Waals surface area contributed by atoms with Crippen LogP contribution in [-0.2, 0) is 11.3 Å². The quantitative estimate of drug-likeness (QED) is 0.656. The van der Waals surface area contributed by atoms with Crippen molar-refractivity contribution in [2.45, 2.75) is 13.5 Å². The van der Waals surface area contributed by atoms with Crippen LogP contribution in [0, 0.1) is 6.92 Å². The van der Waals surface area contributed by atoms with E-state index in [1.165, 1.54) is 4.88 Å². The van der Waals surface area contributed by atoms with E-state index in [0.29, 0.717) is 6.54 Å². The summed E-state index contributed by atoms with van der Waals surface area (Å²) in [6.45, 7) is 3.28. The number of hydrogen-bond acceptors (Lipinski definition) is 4. The SMILES string of the molecule is Cc1ncsc1CN(C)CC=O. The average Bonchev–Trinajstić information content (AvgIpc) is 2.37. The van der Waals surface area contributed by atoms with E-state index in [1.807, 2.05) is 24.4 Å². The fourth-order valence-electron chi connectivity index (χ4n) is 0.915. The van der Waals surface area contributed by atoms with Crippen LogP contribution in [0.5, 0.6) is 0 Å². The number of carbonyl (C=O) groups is 1. The lowest BCUT2D eigenvalue weighted by Gasteiger charge is -2.11. The molecule has 0 aromatic carbocycles. The zero-order chi connectivity index (χ0) is 8.97. The van der Waals surface area contributed by atoms with Gasteiger partial charge in [-0.15, -0.1) is 11.3 Å². The lowest BCUT2D eigenvalue weighted by atomic mass is 10.4. The molecule has 0 spiro atoms. The van der Waals surface area contributed by atoms with E-state index >= 15 is 0 Å². The first kappa shape index (κ1) is 9.35. The molecule has 0 aliphatic heterocycles. The van der Waals surface area contributed by atoms with Gasteiger partial charge in [-0.1, -0.05) is 0 Å². The minimum atomic E-state index is 0.483. The van der Waals surface area contributed by atoms with Crippen molar-refractivity contribution < 1.29 is 4.79 Å². The number of rotatable bonds is 4. The molecule has 4 heteroatoms. The lowest BCUT2D eigenvalue weighted by molar-refractivity contribution is -0.108. The normalized spacial score (nSPS) is 10.6. The van der Waals surface area contributed by atoms with E-state index in [9.17, 15) is 4.79 Å². The van der Waals surface area contributed by atoms with Crippen molar-refractivity contribution in [1.82, 2.24) is 9.88 Å². The molecule has 0 amide bonds. The lowest BCUT2D eigenvalue weighted by Crippen LogP contribution is -2.19.